The number of hydrogen-bond donors (Lipinski definition) is 1. The van der Waals surface area contributed by atoms with Crippen LogP contribution in [0.25, 0.3) is 21.9 Å². The highest BCUT2D eigenvalue weighted by Gasteiger charge is 2.11. The molecule has 0 radical (unpaired) electrons. The number of thioether (sulfide) groups is 1. The zero-order valence-electron chi connectivity index (χ0n) is 13.8. The van der Waals surface area contributed by atoms with E-state index in [1.54, 1.807) is 0 Å². The molecule has 4 aromatic rings. The molecule has 2 aromatic carbocycles. The van der Waals surface area contributed by atoms with E-state index in [0.717, 1.165) is 38.6 Å². The number of nitrogens with zero attached hydrogens (tertiary/aromatic N) is 3. The van der Waals surface area contributed by atoms with Crippen molar-refractivity contribution in [3.05, 3.63) is 48.3 Å². The molecule has 0 spiro atoms. The van der Waals surface area contributed by atoms with Gasteiger partial charge in [-0.25, -0.2) is 0 Å². The van der Waals surface area contributed by atoms with Gasteiger partial charge in [-0.2, -0.15) is 0 Å². The first-order valence-corrected chi connectivity index (χ1v) is 8.80. The number of carbonyl (C=O) groups is 1. The van der Waals surface area contributed by atoms with Crippen LogP contribution in [0.3, 0.4) is 0 Å². The zero-order valence-corrected chi connectivity index (χ0v) is 14.6. The number of nitrogens with one attached hydrogen (secondary N) is 1. The summed E-state index contributed by atoms with van der Waals surface area (Å²) in [7, 11) is 1.88. The Hall–Kier alpha value is -2.80. The van der Waals surface area contributed by atoms with E-state index in [0.29, 0.717) is 0 Å². The van der Waals surface area contributed by atoms with Crippen LogP contribution in [0.15, 0.2) is 52.0 Å². The molecule has 0 unspecified atom stereocenters. The Morgan fingerprint density at radius 2 is 1.96 bits per heavy atom. The summed E-state index contributed by atoms with van der Waals surface area (Å²) in [5.74, 6) is 1.01. The van der Waals surface area contributed by atoms with Crippen LogP contribution in [0.1, 0.15) is 5.82 Å². The number of benzene rings is 2. The number of fused-ring (bicyclic) bond motifs is 3. The van der Waals surface area contributed by atoms with E-state index in [1.165, 1.54) is 11.8 Å². The molecule has 0 atom stereocenters. The maximum atomic E-state index is 12.2. The van der Waals surface area contributed by atoms with Crippen molar-refractivity contribution in [3.8, 4) is 0 Å². The summed E-state index contributed by atoms with van der Waals surface area (Å²) in [6.45, 7) is 1.88. The van der Waals surface area contributed by atoms with Gasteiger partial charge in [0, 0.05) is 23.5 Å². The molecule has 0 aliphatic heterocycles. The minimum Gasteiger partial charge on any atom is -0.456 e. The van der Waals surface area contributed by atoms with Crippen LogP contribution >= 0.6 is 11.8 Å². The van der Waals surface area contributed by atoms with Crippen molar-refractivity contribution in [2.45, 2.75) is 12.1 Å². The number of rotatable bonds is 4. The topological polar surface area (TPSA) is 73.0 Å². The molecule has 1 amide bonds. The molecule has 2 aromatic heterocycles. The van der Waals surface area contributed by atoms with Crippen molar-refractivity contribution in [3.63, 3.8) is 0 Å². The van der Waals surface area contributed by atoms with Crippen molar-refractivity contribution in [1.82, 2.24) is 14.8 Å². The highest BCUT2D eigenvalue weighted by atomic mass is 32.2. The minimum atomic E-state index is -0.0854. The Morgan fingerprint density at radius 3 is 2.76 bits per heavy atom. The van der Waals surface area contributed by atoms with Crippen LogP contribution in [0.5, 0.6) is 0 Å². The monoisotopic (exact) mass is 352 g/mol. The number of amides is 1. The lowest BCUT2D eigenvalue weighted by atomic mass is 10.1. The normalized spacial score (nSPS) is 11.3. The molecular formula is C18H16N4O2S. The van der Waals surface area contributed by atoms with Gasteiger partial charge in [-0.05, 0) is 31.2 Å². The maximum Gasteiger partial charge on any atom is 0.234 e. The fourth-order valence-electron chi connectivity index (χ4n) is 2.64. The number of aryl methyl sites for hydroxylation is 1. The van der Waals surface area contributed by atoms with Crippen LogP contribution < -0.4 is 5.32 Å². The first-order valence-electron chi connectivity index (χ1n) is 7.82. The molecule has 0 saturated heterocycles. The van der Waals surface area contributed by atoms with E-state index in [2.05, 4.69) is 15.5 Å². The van der Waals surface area contributed by atoms with Crippen molar-refractivity contribution in [2.75, 3.05) is 11.1 Å². The Morgan fingerprint density at radius 1 is 1.16 bits per heavy atom. The van der Waals surface area contributed by atoms with Gasteiger partial charge in [0.15, 0.2) is 5.16 Å². The van der Waals surface area contributed by atoms with Crippen molar-refractivity contribution in [1.29, 1.82) is 0 Å². The van der Waals surface area contributed by atoms with E-state index >= 15 is 0 Å². The third-order valence-electron chi connectivity index (χ3n) is 4.05. The number of anilines is 1. The summed E-state index contributed by atoms with van der Waals surface area (Å²) in [6.07, 6.45) is 0. The van der Waals surface area contributed by atoms with E-state index < -0.39 is 0 Å². The predicted molar refractivity (Wildman–Crippen MR) is 98.8 cm³/mol. The quantitative estimate of drug-likeness (QED) is 0.566. The Labute approximate surface area is 148 Å². The summed E-state index contributed by atoms with van der Waals surface area (Å²) < 4.78 is 7.66. The lowest BCUT2D eigenvalue weighted by molar-refractivity contribution is -0.113. The van der Waals surface area contributed by atoms with Gasteiger partial charge < -0.3 is 14.3 Å². The van der Waals surface area contributed by atoms with E-state index in [9.17, 15) is 4.79 Å². The molecule has 126 valence electrons. The smallest absolute Gasteiger partial charge is 0.234 e. The van der Waals surface area contributed by atoms with Gasteiger partial charge in [-0.1, -0.05) is 30.0 Å². The number of aromatic nitrogens is 3. The summed E-state index contributed by atoms with van der Waals surface area (Å²) in [6, 6.07) is 13.5. The van der Waals surface area contributed by atoms with Gasteiger partial charge in [0.25, 0.3) is 0 Å². The summed E-state index contributed by atoms with van der Waals surface area (Å²) in [5.41, 5.74) is 2.40. The van der Waals surface area contributed by atoms with E-state index in [4.69, 9.17) is 4.42 Å². The Balaban J connectivity index is 1.51. The highest BCUT2D eigenvalue weighted by Crippen LogP contribution is 2.30. The van der Waals surface area contributed by atoms with Crippen LogP contribution in [0, 0.1) is 6.92 Å². The second-order valence-electron chi connectivity index (χ2n) is 5.73. The first-order chi connectivity index (χ1) is 12.1. The van der Waals surface area contributed by atoms with Crippen LogP contribution in [0.4, 0.5) is 5.69 Å². The fourth-order valence-corrected chi connectivity index (χ4v) is 3.40. The van der Waals surface area contributed by atoms with Crippen LogP contribution in [-0.2, 0) is 11.8 Å². The molecule has 1 N–H and O–H groups in total. The van der Waals surface area contributed by atoms with Gasteiger partial charge in [0.2, 0.25) is 5.91 Å². The lowest BCUT2D eigenvalue weighted by Crippen LogP contribution is -2.14. The zero-order chi connectivity index (χ0) is 17.4. The molecule has 0 saturated carbocycles. The predicted octanol–water partition coefficient (Wildman–Crippen LogP) is 3.75. The summed E-state index contributed by atoms with van der Waals surface area (Å²) in [4.78, 5) is 12.2. The minimum absolute atomic E-state index is 0.0854. The Kier molecular flexibility index (Phi) is 3.93. The van der Waals surface area contributed by atoms with Crippen LogP contribution in [-0.4, -0.2) is 26.4 Å². The molecule has 4 rings (SSSR count). The number of hydrogen-bond acceptors (Lipinski definition) is 5. The van der Waals surface area contributed by atoms with Crippen molar-refractivity contribution in [2.24, 2.45) is 7.05 Å². The summed E-state index contributed by atoms with van der Waals surface area (Å²) >= 11 is 1.36. The van der Waals surface area contributed by atoms with Gasteiger partial charge in [0.1, 0.15) is 17.0 Å². The molecule has 0 fully saturated rings. The average Bonchev–Trinajstić information content (AvgIpc) is 3.14. The summed E-state index contributed by atoms with van der Waals surface area (Å²) in [5, 5.41) is 13.7. The number of para-hydroxylation sites is 1. The lowest BCUT2D eigenvalue weighted by Gasteiger charge is -2.05. The van der Waals surface area contributed by atoms with Crippen molar-refractivity contribution >= 4 is 45.3 Å². The SMILES string of the molecule is Cc1nnc(SCC(=O)Nc2ccc3oc4ccccc4c3c2)n1C. The first kappa shape index (κ1) is 15.7. The molecule has 2 heterocycles. The van der Waals surface area contributed by atoms with Crippen LogP contribution in [0.2, 0.25) is 0 Å². The van der Waals surface area contributed by atoms with Gasteiger partial charge >= 0.3 is 0 Å². The molecule has 0 aliphatic rings. The molecular weight excluding hydrogens is 336 g/mol. The fraction of sp³-hybridized carbons (Fsp3) is 0.167. The maximum absolute atomic E-state index is 12.2. The number of furan rings is 1. The molecule has 25 heavy (non-hydrogen) atoms. The second-order valence-corrected chi connectivity index (χ2v) is 6.68. The Bertz CT molecular complexity index is 1080. The highest BCUT2D eigenvalue weighted by molar-refractivity contribution is 7.99. The van der Waals surface area contributed by atoms with E-state index in [1.807, 2.05) is 61.0 Å². The molecule has 6 nitrogen and oxygen atoms in total. The van der Waals surface area contributed by atoms with E-state index in [-0.39, 0.29) is 11.7 Å². The largest absolute Gasteiger partial charge is 0.456 e. The third kappa shape index (κ3) is 2.98. The van der Waals surface area contributed by atoms with Gasteiger partial charge in [-0.3, -0.25) is 4.79 Å². The molecule has 0 bridgehead atoms. The van der Waals surface area contributed by atoms with Gasteiger partial charge in [-0.15, -0.1) is 10.2 Å². The standard InChI is InChI=1S/C18H16N4O2S/c1-11-20-21-18(22(11)2)25-10-17(23)19-12-7-8-16-14(9-12)13-5-3-4-6-15(13)24-16/h3-9H,10H2,1-2H3,(H,19,23). The van der Waals surface area contributed by atoms with Gasteiger partial charge in [0.05, 0.1) is 5.75 Å². The third-order valence-corrected chi connectivity index (χ3v) is 5.07. The number of carbonyl (C=O) groups excluding carboxylic acids is 1. The molecule has 0 aliphatic carbocycles. The molecule has 7 heteroatoms. The average molecular weight is 352 g/mol. The van der Waals surface area contributed by atoms with Crippen molar-refractivity contribution < 1.29 is 9.21 Å². The second kappa shape index (κ2) is 6.25.